The van der Waals surface area contributed by atoms with Crippen LogP contribution in [0, 0.1) is 0 Å². The Morgan fingerprint density at radius 1 is 1.32 bits per heavy atom. The summed E-state index contributed by atoms with van der Waals surface area (Å²) in [5.74, 6) is 0.192. The Labute approximate surface area is 134 Å². The number of nitrogens with zero attached hydrogens (tertiary/aromatic N) is 1. The molecule has 1 aliphatic rings. The van der Waals surface area contributed by atoms with Gasteiger partial charge in [-0.15, -0.1) is 0 Å². The predicted octanol–water partition coefficient (Wildman–Crippen LogP) is 4.36. The van der Waals surface area contributed by atoms with Gasteiger partial charge in [-0.2, -0.15) is 0 Å². The van der Waals surface area contributed by atoms with Crippen LogP contribution in [0.5, 0.6) is 0 Å². The topological polar surface area (TPSA) is 52.3 Å². The molecule has 1 saturated carbocycles. The van der Waals surface area contributed by atoms with Crippen LogP contribution in [0.4, 0.5) is 0 Å². The summed E-state index contributed by atoms with van der Waals surface area (Å²) in [6.07, 6.45) is 5.36. The zero-order chi connectivity index (χ0) is 15.6. The van der Waals surface area contributed by atoms with Crippen LogP contribution in [0.2, 0.25) is 5.02 Å². The highest BCUT2D eigenvalue weighted by molar-refractivity contribution is 6.30. The average molecular weight is 320 g/mol. The molecule has 1 fully saturated rings. The average Bonchev–Trinajstić information content (AvgIpc) is 3.18. The molecule has 0 unspecified atom stereocenters. The predicted molar refractivity (Wildman–Crippen MR) is 83.2 cm³/mol. The minimum absolute atomic E-state index is 0.290. The molecule has 0 spiro atoms. The van der Waals surface area contributed by atoms with Gasteiger partial charge in [0.15, 0.2) is 12.1 Å². The molecule has 1 heterocycles. The van der Waals surface area contributed by atoms with Crippen LogP contribution in [0.1, 0.15) is 54.4 Å². The number of hydrogen-bond donors (Lipinski definition) is 0. The molecule has 0 amide bonds. The van der Waals surface area contributed by atoms with Crippen LogP contribution in [0.15, 0.2) is 35.1 Å². The second kappa shape index (κ2) is 6.13. The first-order chi connectivity index (χ1) is 10.7. The molecule has 1 aliphatic carbocycles. The molecule has 0 radical (unpaired) electrons. The van der Waals surface area contributed by atoms with E-state index in [1.807, 2.05) is 24.3 Å². The molecular formula is C17H18ClNO3. The van der Waals surface area contributed by atoms with Crippen molar-refractivity contribution in [2.24, 2.45) is 0 Å². The Kier molecular flexibility index (Phi) is 4.21. The summed E-state index contributed by atoms with van der Waals surface area (Å²) in [5.41, 5.74) is 1.08. The lowest BCUT2D eigenvalue weighted by Gasteiger charge is -2.27. The van der Waals surface area contributed by atoms with E-state index in [1.54, 1.807) is 6.92 Å². The lowest BCUT2D eigenvalue weighted by Crippen LogP contribution is -2.26. The van der Waals surface area contributed by atoms with Crippen LogP contribution in [-0.4, -0.2) is 17.6 Å². The Balaban J connectivity index is 2.07. The Hall–Kier alpha value is -1.81. The summed E-state index contributed by atoms with van der Waals surface area (Å²) in [4.78, 5) is 16.2. The summed E-state index contributed by atoms with van der Waals surface area (Å²) in [5, 5.41) is 0.695. The van der Waals surface area contributed by atoms with E-state index < -0.39 is 5.97 Å². The van der Waals surface area contributed by atoms with Gasteiger partial charge in [-0.05, 0) is 37.5 Å². The zero-order valence-corrected chi connectivity index (χ0v) is 13.2. The van der Waals surface area contributed by atoms with Crippen molar-refractivity contribution in [2.45, 2.75) is 38.0 Å². The molecule has 0 N–H and O–H groups in total. The van der Waals surface area contributed by atoms with E-state index in [2.05, 4.69) is 4.98 Å². The third kappa shape index (κ3) is 2.52. The monoisotopic (exact) mass is 319 g/mol. The molecule has 4 nitrogen and oxygen atoms in total. The van der Waals surface area contributed by atoms with Gasteiger partial charge in [0.25, 0.3) is 0 Å². The summed E-state index contributed by atoms with van der Waals surface area (Å²) in [6, 6.07) is 7.75. The number of hydrogen-bond acceptors (Lipinski definition) is 4. The van der Waals surface area contributed by atoms with Crippen molar-refractivity contribution in [3.63, 3.8) is 0 Å². The number of esters is 1. The van der Waals surface area contributed by atoms with Gasteiger partial charge in [0.1, 0.15) is 5.76 Å². The number of ether oxygens (including phenoxy) is 1. The van der Waals surface area contributed by atoms with Crippen molar-refractivity contribution in [3.05, 3.63) is 52.7 Å². The fourth-order valence-corrected chi connectivity index (χ4v) is 3.45. The molecule has 0 bridgehead atoms. The highest BCUT2D eigenvalue weighted by Crippen LogP contribution is 2.47. The molecule has 0 aliphatic heterocycles. The van der Waals surface area contributed by atoms with Crippen molar-refractivity contribution in [1.82, 2.24) is 4.98 Å². The van der Waals surface area contributed by atoms with E-state index in [4.69, 9.17) is 20.8 Å². The van der Waals surface area contributed by atoms with Crippen molar-refractivity contribution in [3.8, 4) is 0 Å². The van der Waals surface area contributed by atoms with Gasteiger partial charge in [-0.1, -0.05) is 36.6 Å². The van der Waals surface area contributed by atoms with Gasteiger partial charge in [0.05, 0.1) is 12.0 Å². The summed E-state index contributed by atoms with van der Waals surface area (Å²) >= 11 is 6.00. The van der Waals surface area contributed by atoms with Crippen molar-refractivity contribution in [2.75, 3.05) is 6.61 Å². The lowest BCUT2D eigenvalue weighted by molar-refractivity contribution is 0.0515. The molecular weight excluding hydrogens is 302 g/mol. The second-order valence-electron chi connectivity index (χ2n) is 5.55. The van der Waals surface area contributed by atoms with Crippen LogP contribution in [-0.2, 0) is 10.2 Å². The molecule has 2 aromatic rings. The van der Waals surface area contributed by atoms with Crippen LogP contribution in [0.25, 0.3) is 0 Å². The third-order valence-electron chi connectivity index (χ3n) is 4.32. The number of aromatic nitrogens is 1. The molecule has 0 atom stereocenters. The highest BCUT2D eigenvalue weighted by atomic mass is 35.5. The smallest absolute Gasteiger partial charge is 0.360 e. The number of benzene rings is 1. The van der Waals surface area contributed by atoms with Crippen molar-refractivity contribution < 1.29 is 13.9 Å². The summed E-state index contributed by atoms with van der Waals surface area (Å²) in [6.45, 7) is 2.10. The van der Waals surface area contributed by atoms with Gasteiger partial charge in [0, 0.05) is 5.02 Å². The van der Waals surface area contributed by atoms with Gasteiger partial charge < -0.3 is 9.15 Å². The largest absolute Gasteiger partial charge is 0.461 e. The SMILES string of the molecule is CCOC(=O)c1ncoc1C1(c2ccc(Cl)cc2)CCCC1. The van der Waals surface area contributed by atoms with Crippen LogP contribution < -0.4 is 0 Å². The van der Waals surface area contributed by atoms with Gasteiger partial charge in [-0.25, -0.2) is 9.78 Å². The van der Waals surface area contributed by atoms with E-state index in [1.165, 1.54) is 6.39 Å². The van der Waals surface area contributed by atoms with E-state index in [-0.39, 0.29) is 5.41 Å². The van der Waals surface area contributed by atoms with Gasteiger partial charge in [0.2, 0.25) is 0 Å². The quantitative estimate of drug-likeness (QED) is 0.785. The lowest BCUT2D eigenvalue weighted by atomic mass is 9.76. The number of rotatable bonds is 4. The zero-order valence-electron chi connectivity index (χ0n) is 12.5. The first kappa shape index (κ1) is 15.1. The molecule has 116 valence electrons. The number of carbonyl (C=O) groups is 1. The molecule has 0 saturated heterocycles. The van der Waals surface area contributed by atoms with Gasteiger partial charge in [-0.3, -0.25) is 0 Å². The van der Waals surface area contributed by atoms with Gasteiger partial charge >= 0.3 is 5.97 Å². The van der Waals surface area contributed by atoms with E-state index in [9.17, 15) is 4.79 Å². The fraction of sp³-hybridized carbons (Fsp3) is 0.412. The minimum Gasteiger partial charge on any atom is -0.461 e. The first-order valence-electron chi connectivity index (χ1n) is 7.54. The normalized spacial score (nSPS) is 16.6. The molecule has 1 aromatic carbocycles. The fourth-order valence-electron chi connectivity index (χ4n) is 3.32. The second-order valence-corrected chi connectivity index (χ2v) is 5.98. The highest BCUT2D eigenvalue weighted by Gasteiger charge is 2.43. The van der Waals surface area contributed by atoms with Crippen LogP contribution in [0.3, 0.4) is 0 Å². The Morgan fingerprint density at radius 3 is 2.64 bits per heavy atom. The summed E-state index contributed by atoms with van der Waals surface area (Å²) < 4.78 is 10.8. The Morgan fingerprint density at radius 2 is 2.00 bits per heavy atom. The molecule has 22 heavy (non-hydrogen) atoms. The third-order valence-corrected chi connectivity index (χ3v) is 4.58. The number of carbonyl (C=O) groups excluding carboxylic acids is 1. The maximum atomic E-state index is 12.1. The minimum atomic E-state index is -0.425. The molecule has 3 rings (SSSR count). The van der Waals surface area contributed by atoms with Crippen molar-refractivity contribution >= 4 is 17.6 Å². The number of halogens is 1. The van der Waals surface area contributed by atoms with E-state index in [0.29, 0.717) is 23.1 Å². The maximum Gasteiger partial charge on any atom is 0.360 e. The molecule has 1 aromatic heterocycles. The van der Waals surface area contributed by atoms with Crippen molar-refractivity contribution in [1.29, 1.82) is 0 Å². The summed E-state index contributed by atoms with van der Waals surface area (Å²) in [7, 11) is 0. The molecule has 5 heteroatoms. The van der Waals surface area contributed by atoms with Crippen LogP contribution >= 0.6 is 11.6 Å². The number of oxazole rings is 1. The van der Waals surface area contributed by atoms with E-state index >= 15 is 0 Å². The maximum absolute atomic E-state index is 12.1. The first-order valence-corrected chi connectivity index (χ1v) is 7.92. The standard InChI is InChI=1S/C17H18ClNO3/c1-2-21-16(20)14-15(22-11-19-14)17(9-3-4-10-17)12-5-7-13(18)8-6-12/h5-8,11H,2-4,9-10H2,1H3. The van der Waals surface area contributed by atoms with E-state index in [0.717, 1.165) is 31.2 Å². The Bertz CT molecular complexity index is 657.